The first kappa shape index (κ1) is 15.5. The van der Waals surface area contributed by atoms with E-state index in [1.165, 1.54) is 6.21 Å². The van der Waals surface area contributed by atoms with E-state index in [0.29, 0.717) is 5.69 Å². The first-order valence-electron chi connectivity index (χ1n) is 5.46. The Hall–Kier alpha value is -1.89. The number of rotatable bonds is 4. The molecular weight excluding hydrogens is 339 g/mol. The molecule has 2 rings (SSSR count). The Balaban J connectivity index is 2.31. The van der Waals surface area contributed by atoms with Crippen LogP contribution in [0.4, 0.5) is 5.69 Å². The number of aromatic carboxylic acids is 1. The fourth-order valence-electron chi connectivity index (χ4n) is 1.36. The Bertz CT molecular complexity index is 707. The lowest BCUT2D eigenvalue weighted by Gasteiger charge is -2.12. The van der Waals surface area contributed by atoms with Crippen LogP contribution in [0.5, 0.6) is 0 Å². The molecule has 0 aromatic carbocycles. The molecule has 0 fully saturated rings. The number of nitrogens with zero attached hydrogens (tertiary/aromatic N) is 3. The molecule has 0 unspecified atom stereocenters. The van der Waals surface area contributed by atoms with Gasteiger partial charge in [-0.2, -0.15) is 5.10 Å². The number of carbonyl (C=O) groups is 1. The second-order valence-electron chi connectivity index (χ2n) is 3.67. The van der Waals surface area contributed by atoms with Crippen LogP contribution in [-0.2, 0) is 0 Å². The number of hydrogen-bond acceptors (Lipinski definition) is 6. The zero-order chi connectivity index (χ0) is 15.4. The summed E-state index contributed by atoms with van der Waals surface area (Å²) in [5.41, 5.74) is 2.59. The number of carbonyl (C=O) groups excluding carboxylic acids is 1. The molecule has 21 heavy (non-hydrogen) atoms. The second kappa shape index (κ2) is 6.71. The lowest BCUT2D eigenvalue weighted by Crippen LogP contribution is -2.24. The van der Waals surface area contributed by atoms with Crippen LogP contribution in [0.25, 0.3) is 0 Å². The maximum absolute atomic E-state index is 10.9. The Morgan fingerprint density at radius 3 is 2.67 bits per heavy atom. The average molecular weight is 345 g/mol. The van der Waals surface area contributed by atoms with E-state index >= 15 is 0 Å². The summed E-state index contributed by atoms with van der Waals surface area (Å²) in [6.07, 6.45) is 3.00. The number of halogens is 3. The summed E-state index contributed by atoms with van der Waals surface area (Å²) >= 11 is 17.5. The molecule has 0 radical (unpaired) electrons. The third-order valence-electron chi connectivity index (χ3n) is 2.29. The van der Waals surface area contributed by atoms with Crippen LogP contribution < -0.4 is 10.5 Å². The second-order valence-corrected chi connectivity index (χ2v) is 4.78. The summed E-state index contributed by atoms with van der Waals surface area (Å²) in [7, 11) is 0. The van der Waals surface area contributed by atoms with Crippen LogP contribution in [0.2, 0.25) is 15.2 Å². The van der Waals surface area contributed by atoms with E-state index < -0.39 is 11.7 Å². The number of aromatic nitrogens is 2. The Morgan fingerprint density at radius 2 is 2.05 bits per heavy atom. The largest absolute Gasteiger partial charge is 0.543 e. The topological polar surface area (TPSA) is 90.3 Å². The highest BCUT2D eigenvalue weighted by Gasteiger charge is 2.16. The lowest BCUT2D eigenvalue weighted by atomic mass is 10.3. The Morgan fingerprint density at radius 1 is 1.29 bits per heavy atom. The zero-order valence-corrected chi connectivity index (χ0v) is 12.4. The molecule has 2 heterocycles. The minimum absolute atomic E-state index is 0.0183. The summed E-state index contributed by atoms with van der Waals surface area (Å²) < 4.78 is 0. The third kappa shape index (κ3) is 3.60. The predicted octanol–water partition coefficient (Wildman–Crippen LogP) is 2.25. The van der Waals surface area contributed by atoms with E-state index in [0.717, 1.165) is 0 Å². The number of hydrazone groups is 1. The molecule has 1 N–H and O–H groups in total. The molecule has 0 aliphatic heterocycles. The first-order valence-corrected chi connectivity index (χ1v) is 6.60. The highest BCUT2D eigenvalue weighted by molar-refractivity contribution is 6.46. The van der Waals surface area contributed by atoms with E-state index in [2.05, 4.69) is 20.5 Å². The SMILES string of the molecule is O=C([O-])c1nc(Cl)c(Cl)c(N/N=C\c2ccccn2)c1Cl. The van der Waals surface area contributed by atoms with Gasteiger partial charge in [-0.15, -0.1) is 0 Å². The van der Waals surface area contributed by atoms with E-state index in [4.69, 9.17) is 34.8 Å². The third-order valence-corrected chi connectivity index (χ3v) is 3.40. The summed E-state index contributed by atoms with van der Waals surface area (Å²) in [5, 5.41) is 14.2. The molecule has 0 aliphatic rings. The van der Waals surface area contributed by atoms with Gasteiger partial charge in [-0.25, -0.2) is 4.98 Å². The first-order chi connectivity index (χ1) is 10.0. The number of hydrogen-bond donors (Lipinski definition) is 1. The molecule has 0 saturated heterocycles. The minimum atomic E-state index is -1.57. The Labute approximate surface area is 134 Å². The molecule has 0 atom stereocenters. The van der Waals surface area contributed by atoms with Crippen LogP contribution in [0, 0.1) is 0 Å². The molecule has 0 amide bonds. The van der Waals surface area contributed by atoms with Gasteiger partial charge in [0.2, 0.25) is 0 Å². The van der Waals surface area contributed by atoms with Gasteiger partial charge in [0.25, 0.3) is 0 Å². The smallest absolute Gasteiger partial charge is 0.150 e. The maximum Gasteiger partial charge on any atom is 0.150 e. The van der Waals surface area contributed by atoms with Crippen molar-refractivity contribution in [2.45, 2.75) is 0 Å². The highest BCUT2D eigenvalue weighted by Crippen LogP contribution is 2.36. The van der Waals surface area contributed by atoms with Gasteiger partial charge in [-0.3, -0.25) is 10.4 Å². The number of nitrogens with one attached hydrogen (secondary N) is 1. The van der Waals surface area contributed by atoms with Crippen molar-refractivity contribution >= 4 is 52.7 Å². The van der Waals surface area contributed by atoms with Crippen molar-refractivity contribution in [2.24, 2.45) is 5.10 Å². The summed E-state index contributed by atoms with van der Waals surface area (Å²) in [6.45, 7) is 0. The van der Waals surface area contributed by atoms with Crippen molar-refractivity contribution in [3.63, 3.8) is 0 Å². The molecule has 0 aliphatic carbocycles. The number of pyridine rings is 2. The van der Waals surface area contributed by atoms with Gasteiger partial charge in [-0.05, 0) is 12.1 Å². The fourth-order valence-corrected chi connectivity index (χ4v) is 2.03. The van der Waals surface area contributed by atoms with Gasteiger partial charge in [0.15, 0.2) is 5.15 Å². The number of anilines is 1. The van der Waals surface area contributed by atoms with Crippen molar-refractivity contribution in [1.82, 2.24) is 9.97 Å². The van der Waals surface area contributed by atoms with Crippen molar-refractivity contribution in [3.8, 4) is 0 Å². The molecule has 0 saturated carbocycles. The van der Waals surface area contributed by atoms with Gasteiger partial charge in [0.05, 0.1) is 28.6 Å². The maximum atomic E-state index is 10.9. The van der Waals surface area contributed by atoms with Gasteiger partial charge in [0.1, 0.15) is 10.7 Å². The number of carboxylic acids is 1. The molecule has 9 heteroatoms. The van der Waals surface area contributed by atoms with Crippen molar-refractivity contribution in [2.75, 3.05) is 5.43 Å². The van der Waals surface area contributed by atoms with Crippen LogP contribution in [0.15, 0.2) is 29.5 Å². The predicted molar refractivity (Wildman–Crippen MR) is 79.1 cm³/mol. The number of carboxylic acid groups (broad SMARTS) is 1. The molecule has 0 bridgehead atoms. The molecule has 6 nitrogen and oxygen atoms in total. The average Bonchev–Trinajstić information content (AvgIpc) is 2.47. The molecule has 2 aromatic rings. The van der Waals surface area contributed by atoms with Crippen LogP contribution in [-0.4, -0.2) is 22.2 Å². The van der Waals surface area contributed by atoms with Crippen LogP contribution in [0.1, 0.15) is 16.2 Å². The summed E-state index contributed by atoms with van der Waals surface area (Å²) in [5.74, 6) is -1.57. The molecule has 108 valence electrons. The van der Waals surface area contributed by atoms with Crippen LogP contribution >= 0.6 is 34.8 Å². The molecule has 2 aromatic heterocycles. The van der Waals surface area contributed by atoms with E-state index in [1.54, 1.807) is 24.4 Å². The zero-order valence-electron chi connectivity index (χ0n) is 10.2. The normalized spacial score (nSPS) is 10.8. The van der Waals surface area contributed by atoms with Crippen LogP contribution in [0.3, 0.4) is 0 Å². The molecule has 0 spiro atoms. The van der Waals surface area contributed by atoms with Crippen molar-refractivity contribution in [3.05, 3.63) is 51.0 Å². The van der Waals surface area contributed by atoms with E-state index in [1.807, 2.05) is 0 Å². The van der Waals surface area contributed by atoms with Crippen molar-refractivity contribution < 1.29 is 9.90 Å². The van der Waals surface area contributed by atoms with Gasteiger partial charge >= 0.3 is 0 Å². The summed E-state index contributed by atoms with van der Waals surface area (Å²) in [4.78, 5) is 18.5. The summed E-state index contributed by atoms with van der Waals surface area (Å²) in [6, 6.07) is 5.26. The Kier molecular flexibility index (Phi) is 4.95. The fraction of sp³-hybridized carbons (Fsp3) is 0. The standard InChI is InChI=1S/C12H7Cl3N4O2/c13-7-9(8(14)11(15)18-10(7)12(20)21)19-17-5-6-3-1-2-4-16-6/h1-5H,(H,18,19)(H,20,21)/p-1/b17-5-. The highest BCUT2D eigenvalue weighted by atomic mass is 35.5. The monoisotopic (exact) mass is 343 g/mol. The van der Waals surface area contributed by atoms with Crippen molar-refractivity contribution in [1.29, 1.82) is 0 Å². The minimum Gasteiger partial charge on any atom is -0.543 e. The van der Waals surface area contributed by atoms with Gasteiger partial charge in [0, 0.05) is 6.20 Å². The quantitative estimate of drug-likeness (QED) is 0.522. The van der Waals surface area contributed by atoms with Gasteiger partial charge in [-0.1, -0.05) is 40.9 Å². The van der Waals surface area contributed by atoms with E-state index in [9.17, 15) is 9.90 Å². The van der Waals surface area contributed by atoms with E-state index in [-0.39, 0.29) is 20.9 Å². The molecular formula is C12H6Cl3N4O2-. The lowest BCUT2D eigenvalue weighted by molar-refractivity contribution is -0.255. The van der Waals surface area contributed by atoms with Gasteiger partial charge < -0.3 is 9.90 Å².